The Bertz CT molecular complexity index is 708. The summed E-state index contributed by atoms with van der Waals surface area (Å²) in [4.78, 5) is 0.781. The highest BCUT2D eigenvalue weighted by Gasteiger charge is 2.05. The molecule has 2 aromatic rings. The third kappa shape index (κ3) is 4.34. The molecule has 114 valence electrons. The van der Waals surface area contributed by atoms with Gasteiger partial charge in [-0.05, 0) is 29.8 Å². The third-order valence-electron chi connectivity index (χ3n) is 2.99. The summed E-state index contributed by atoms with van der Waals surface area (Å²) in [7, 11) is -0.988. The molecular formula is C17H16FNO2S. The minimum absolute atomic E-state index is 0.0785. The summed E-state index contributed by atoms with van der Waals surface area (Å²) in [6.07, 6.45) is 6.79. The second kappa shape index (κ2) is 7.62. The first kappa shape index (κ1) is 16.1. The lowest BCUT2D eigenvalue weighted by Crippen LogP contribution is -2.03. The summed E-state index contributed by atoms with van der Waals surface area (Å²) < 4.78 is 29.9. The van der Waals surface area contributed by atoms with Crippen LogP contribution in [0.3, 0.4) is 0 Å². The van der Waals surface area contributed by atoms with E-state index in [0.29, 0.717) is 18.0 Å². The lowest BCUT2D eigenvalue weighted by Gasteiger charge is -2.12. The number of ether oxygens (including phenoxy) is 1. The number of hydrogen-bond donors (Lipinski definition) is 1. The largest absolute Gasteiger partial charge is 0.479 e. The number of hydrogen-bond acceptors (Lipinski definition) is 3. The maximum absolute atomic E-state index is 13.3. The maximum Gasteiger partial charge on any atom is 0.148 e. The van der Waals surface area contributed by atoms with Gasteiger partial charge in [-0.15, -0.1) is 6.42 Å². The standard InChI is InChI=1S/C17H16FNO2S/c1-3-10-21-17-11-14(18)6-9-16(17)19-12-13-4-7-15(8-5-13)22(2)20/h1,4-9,11,19H,10,12H2,2H3/t22-/m0/s1. The van der Waals surface area contributed by atoms with Crippen molar-refractivity contribution in [2.24, 2.45) is 0 Å². The zero-order valence-corrected chi connectivity index (χ0v) is 13.0. The molecule has 3 nitrogen and oxygen atoms in total. The van der Waals surface area contributed by atoms with Crippen molar-refractivity contribution < 1.29 is 13.3 Å². The molecule has 0 radical (unpaired) electrons. The molecular weight excluding hydrogens is 301 g/mol. The van der Waals surface area contributed by atoms with Crippen molar-refractivity contribution in [3.05, 3.63) is 53.8 Å². The summed E-state index contributed by atoms with van der Waals surface area (Å²) in [5.74, 6) is 2.35. The average molecular weight is 317 g/mol. The van der Waals surface area contributed by atoms with Crippen LogP contribution in [0.25, 0.3) is 0 Å². The molecule has 2 rings (SSSR count). The Kier molecular flexibility index (Phi) is 5.56. The fourth-order valence-electron chi connectivity index (χ4n) is 1.88. The minimum Gasteiger partial charge on any atom is -0.479 e. The van der Waals surface area contributed by atoms with Crippen LogP contribution in [0.2, 0.25) is 0 Å². The Hall–Kier alpha value is -2.32. The Morgan fingerprint density at radius 1 is 1.27 bits per heavy atom. The first-order chi connectivity index (χ1) is 10.6. The minimum atomic E-state index is -0.988. The van der Waals surface area contributed by atoms with Crippen LogP contribution in [0.4, 0.5) is 10.1 Å². The number of terminal acetylenes is 1. The first-order valence-electron chi connectivity index (χ1n) is 6.62. The SMILES string of the molecule is C#CCOc1cc(F)ccc1NCc1ccc([S@](C)=O)cc1. The Labute approximate surface area is 132 Å². The predicted octanol–water partition coefficient (Wildman–Crippen LogP) is 3.19. The van der Waals surface area contributed by atoms with Crippen molar-refractivity contribution in [1.82, 2.24) is 0 Å². The quantitative estimate of drug-likeness (QED) is 0.832. The van der Waals surface area contributed by atoms with Gasteiger partial charge in [0.1, 0.15) is 18.2 Å². The second-order valence-corrected chi connectivity index (χ2v) is 5.96. The molecule has 5 heteroatoms. The van der Waals surface area contributed by atoms with Gasteiger partial charge in [-0.2, -0.15) is 0 Å². The average Bonchev–Trinajstić information content (AvgIpc) is 2.52. The molecule has 0 bridgehead atoms. The van der Waals surface area contributed by atoms with Crippen LogP contribution in [0, 0.1) is 18.2 Å². The van der Waals surface area contributed by atoms with E-state index in [0.717, 1.165) is 10.5 Å². The highest BCUT2D eigenvalue weighted by Crippen LogP contribution is 2.26. The van der Waals surface area contributed by atoms with Crippen molar-refractivity contribution >= 4 is 16.5 Å². The van der Waals surface area contributed by atoms with Crippen molar-refractivity contribution in [3.63, 3.8) is 0 Å². The summed E-state index contributed by atoms with van der Waals surface area (Å²) in [5.41, 5.74) is 1.68. The van der Waals surface area contributed by atoms with E-state index in [2.05, 4.69) is 11.2 Å². The van der Waals surface area contributed by atoms with Gasteiger partial charge in [0, 0.05) is 34.6 Å². The van der Waals surface area contributed by atoms with Gasteiger partial charge in [-0.1, -0.05) is 18.1 Å². The van der Waals surface area contributed by atoms with Crippen molar-refractivity contribution in [1.29, 1.82) is 0 Å². The van der Waals surface area contributed by atoms with Gasteiger partial charge in [-0.25, -0.2) is 4.39 Å². The molecule has 0 aliphatic rings. The van der Waals surface area contributed by atoms with Gasteiger partial charge in [0.05, 0.1) is 5.69 Å². The molecule has 0 spiro atoms. The lowest BCUT2D eigenvalue weighted by molar-refractivity contribution is 0.369. The van der Waals surface area contributed by atoms with Gasteiger partial charge in [0.15, 0.2) is 0 Å². The number of rotatable bonds is 6. The molecule has 0 unspecified atom stereocenters. The van der Waals surface area contributed by atoms with Crippen molar-refractivity contribution in [3.8, 4) is 18.1 Å². The molecule has 0 aliphatic carbocycles. The highest BCUT2D eigenvalue weighted by atomic mass is 32.2. The first-order valence-corrected chi connectivity index (χ1v) is 8.18. The Morgan fingerprint density at radius 3 is 2.64 bits per heavy atom. The van der Waals surface area contributed by atoms with Crippen molar-refractivity contribution in [2.75, 3.05) is 18.2 Å². The molecule has 1 N–H and O–H groups in total. The summed E-state index contributed by atoms with van der Waals surface area (Å²) in [5, 5.41) is 3.18. The summed E-state index contributed by atoms with van der Waals surface area (Å²) in [6, 6.07) is 11.7. The molecule has 22 heavy (non-hydrogen) atoms. The van der Waals surface area contributed by atoms with Gasteiger partial charge in [-0.3, -0.25) is 4.21 Å². The Balaban J connectivity index is 2.07. The van der Waals surface area contributed by atoms with E-state index in [4.69, 9.17) is 11.2 Å². The second-order valence-electron chi connectivity index (χ2n) is 4.58. The lowest BCUT2D eigenvalue weighted by atomic mass is 10.2. The van der Waals surface area contributed by atoms with Crippen LogP contribution in [-0.2, 0) is 17.3 Å². The van der Waals surface area contributed by atoms with E-state index in [1.807, 2.05) is 24.3 Å². The number of anilines is 1. The van der Waals surface area contributed by atoms with E-state index in [-0.39, 0.29) is 12.4 Å². The van der Waals surface area contributed by atoms with E-state index in [9.17, 15) is 8.60 Å². The zero-order chi connectivity index (χ0) is 15.9. The Morgan fingerprint density at radius 2 is 2.00 bits per heavy atom. The van der Waals surface area contributed by atoms with Gasteiger partial charge < -0.3 is 10.1 Å². The van der Waals surface area contributed by atoms with Crippen LogP contribution in [0.5, 0.6) is 5.75 Å². The normalized spacial score (nSPS) is 11.5. The molecule has 1 atom stereocenters. The smallest absolute Gasteiger partial charge is 0.148 e. The predicted molar refractivity (Wildman–Crippen MR) is 86.8 cm³/mol. The molecule has 0 aliphatic heterocycles. The van der Waals surface area contributed by atoms with Gasteiger partial charge in [0.2, 0.25) is 0 Å². The fourth-order valence-corrected chi connectivity index (χ4v) is 2.40. The molecule has 0 heterocycles. The number of halogens is 1. The van der Waals surface area contributed by atoms with E-state index in [1.54, 1.807) is 12.3 Å². The van der Waals surface area contributed by atoms with Crippen molar-refractivity contribution in [2.45, 2.75) is 11.4 Å². The van der Waals surface area contributed by atoms with Crippen LogP contribution < -0.4 is 10.1 Å². The van der Waals surface area contributed by atoms with Crippen LogP contribution in [0.1, 0.15) is 5.56 Å². The number of nitrogens with one attached hydrogen (secondary N) is 1. The van der Waals surface area contributed by atoms with E-state index in [1.165, 1.54) is 12.1 Å². The van der Waals surface area contributed by atoms with Gasteiger partial charge >= 0.3 is 0 Å². The topological polar surface area (TPSA) is 38.3 Å². The van der Waals surface area contributed by atoms with Crippen LogP contribution in [0.15, 0.2) is 47.4 Å². The van der Waals surface area contributed by atoms with Crippen LogP contribution in [-0.4, -0.2) is 17.1 Å². The maximum atomic E-state index is 13.3. The zero-order valence-electron chi connectivity index (χ0n) is 12.1. The van der Waals surface area contributed by atoms with E-state index < -0.39 is 10.8 Å². The molecule has 2 aromatic carbocycles. The molecule has 0 saturated carbocycles. The van der Waals surface area contributed by atoms with Gasteiger partial charge in [0.25, 0.3) is 0 Å². The van der Waals surface area contributed by atoms with E-state index >= 15 is 0 Å². The molecule has 0 saturated heterocycles. The molecule has 0 aromatic heterocycles. The monoisotopic (exact) mass is 317 g/mol. The number of benzene rings is 2. The third-order valence-corrected chi connectivity index (χ3v) is 3.93. The molecule has 0 fully saturated rings. The summed E-state index contributed by atoms with van der Waals surface area (Å²) in [6.45, 7) is 0.615. The van der Waals surface area contributed by atoms with Crippen LogP contribution >= 0.6 is 0 Å². The summed E-state index contributed by atoms with van der Waals surface area (Å²) >= 11 is 0. The fraction of sp³-hybridized carbons (Fsp3) is 0.176. The molecule has 0 amide bonds. The highest BCUT2D eigenvalue weighted by molar-refractivity contribution is 7.84.